The Labute approximate surface area is 72.9 Å². The lowest BCUT2D eigenvalue weighted by molar-refractivity contribution is -0.126. The van der Waals surface area contributed by atoms with E-state index in [1.165, 1.54) is 0 Å². The second kappa shape index (κ2) is 2.77. The van der Waals surface area contributed by atoms with Crippen molar-refractivity contribution in [2.24, 2.45) is 0 Å². The van der Waals surface area contributed by atoms with Gasteiger partial charge < -0.3 is 4.74 Å². The number of carbonyl (C=O) groups is 1. The summed E-state index contributed by atoms with van der Waals surface area (Å²) in [6.07, 6.45) is 3.50. The first kappa shape index (κ1) is 9.04. The van der Waals surface area contributed by atoms with E-state index >= 15 is 0 Å². The Hall–Kier alpha value is -1.05. The van der Waals surface area contributed by atoms with Gasteiger partial charge >= 0.3 is 0 Å². The quantitative estimate of drug-likeness (QED) is 0.597. The van der Waals surface area contributed by atoms with E-state index in [2.05, 4.69) is 0 Å². The number of allylic oxidation sites excluding steroid dienone is 2. The van der Waals surface area contributed by atoms with Gasteiger partial charge in [-0.15, -0.1) is 0 Å². The monoisotopic (exact) mass is 166 g/mol. The summed E-state index contributed by atoms with van der Waals surface area (Å²) in [5.74, 6) is 0.742. The van der Waals surface area contributed by atoms with Crippen LogP contribution in [0, 0.1) is 0 Å². The van der Waals surface area contributed by atoms with Crippen molar-refractivity contribution in [1.29, 1.82) is 0 Å². The molecule has 0 aromatic rings. The molecule has 0 N–H and O–H groups in total. The summed E-state index contributed by atoms with van der Waals surface area (Å²) in [4.78, 5) is 11.3. The van der Waals surface area contributed by atoms with E-state index in [9.17, 15) is 4.79 Å². The first-order valence-corrected chi connectivity index (χ1v) is 4.06. The average Bonchev–Trinajstić information content (AvgIpc) is 2.25. The fourth-order valence-corrected chi connectivity index (χ4v) is 0.984. The van der Waals surface area contributed by atoms with Gasteiger partial charge in [0.1, 0.15) is 5.76 Å². The zero-order chi connectivity index (χ0) is 9.35. The van der Waals surface area contributed by atoms with Crippen molar-refractivity contribution in [3.8, 4) is 0 Å². The van der Waals surface area contributed by atoms with Gasteiger partial charge in [0, 0.05) is 6.08 Å². The van der Waals surface area contributed by atoms with E-state index in [-0.39, 0.29) is 5.78 Å². The number of carbonyl (C=O) groups excluding carboxylic acids is 1. The summed E-state index contributed by atoms with van der Waals surface area (Å²) in [5, 5.41) is 0. The number of hydrogen-bond acceptors (Lipinski definition) is 2. The Morgan fingerprint density at radius 2 is 2.17 bits per heavy atom. The molecule has 2 heteroatoms. The lowest BCUT2D eigenvalue weighted by Crippen LogP contribution is -2.27. The van der Waals surface area contributed by atoms with E-state index in [1.807, 2.05) is 19.9 Å². The molecule has 1 aliphatic heterocycles. The molecule has 12 heavy (non-hydrogen) atoms. The van der Waals surface area contributed by atoms with Crippen LogP contribution in [0.25, 0.3) is 0 Å². The smallest absolute Gasteiger partial charge is 0.202 e. The molecule has 0 saturated carbocycles. The second-order valence-electron chi connectivity index (χ2n) is 3.46. The predicted molar refractivity (Wildman–Crippen MR) is 47.7 cm³/mol. The van der Waals surface area contributed by atoms with E-state index in [0.29, 0.717) is 5.76 Å². The third-order valence-electron chi connectivity index (χ3n) is 2.04. The SMILES string of the molecule is C/C=C(\C)C1=CC(=O)C(C)(C)O1. The van der Waals surface area contributed by atoms with Gasteiger partial charge in [0.15, 0.2) is 5.60 Å². The van der Waals surface area contributed by atoms with Crippen LogP contribution >= 0.6 is 0 Å². The number of ether oxygens (including phenoxy) is 1. The van der Waals surface area contributed by atoms with Gasteiger partial charge in [-0.3, -0.25) is 4.79 Å². The van der Waals surface area contributed by atoms with Crippen LogP contribution in [0.5, 0.6) is 0 Å². The highest BCUT2D eigenvalue weighted by molar-refractivity contribution is 5.99. The van der Waals surface area contributed by atoms with Gasteiger partial charge in [0.2, 0.25) is 5.78 Å². The molecular formula is C10H14O2. The predicted octanol–water partition coefficient (Wildman–Crippen LogP) is 2.21. The third kappa shape index (κ3) is 1.42. The highest BCUT2D eigenvalue weighted by Crippen LogP contribution is 2.28. The topological polar surface area (TPSA) is 26.3 Å². The molecule has 0 atom stereocenters. The Morgan fingerprint density at radius 1 is 1.58 bits per heavy atom. The molecule has 0 amide bonds. The zero-order valence-corrected chi connectivity index (χ0v) is 7.97. The van der Waals surface area contributed by atoms with Crippen LogP contribution in [-0.4, -0.2) is 11.4 Å². The van der Waals surface area contributed by atoms with Crippen molar-refractivity contribution in [2.75, 3.05) is 0 Å². The third-order valence-corrected chi connectivity index (χ3v) is 2.04. The van der Waals surface area contributed by atoms with Crippen LogP contribution < -0.4 is 0 Å². The maximum atomic E-state index is 11.3. The minimum Gasteiger partial charge on any atom is -0.479 e. The molecule has 0 unspecified atom stereocenters. The molecule has 0 radical (unpaired) electrons. The summed E-state index contributed by atoms with van der Waals surface area (Å²) in [5.41, 5.74) is 0.341. The van der Waals surface area contributed by atoms with Gasteiger partial charge in [0.25, 0.3) is 0 Å². The highest BCUT2D eigenvalue weighted by Gasteiger charge is 2.35. The Bertz CT molecular complexity index is 270. The Balaban J connectivity index is 2.89. The molecule has 1 heterocycles. The van der Waals surface area contributed by atoms with Crippen molar-refractivity contribution in [3.05, 3.63) is 23.5 Å². The molecule has 0 fully saturated rings. The van der Waals surface area contributed by atoms with Crippen LogP contribution in [0.3, 0.4) is 0 Å². The van der Waals surface area contributed by atoms with Crippen molar-refractivity contribution >= 4 is 5.78 Å². The lowest BCUT2D eigenvalue weighted by atomic mass is 10.1. The van der Waals surface area contributed by atoms with Crippen LogP contribution in [0.2, 0.25) is 0 Å². The fraction of sp³-hybridized carbons (Fsp3) is 0.500. The molecule has 66 valence electrons. The second-order valence-corrected chi connectivity index (χ2v) is 3.46. The van der Waals surface area contributed by atoms with Crippen molar-refractivity contribution in [2.45, 2.75) is 33.3 Å². The summed E-state index contributed by atoms with van der Waals surface area (Å²) >= 11 is 0. The normalized spacial score (nSPS) is 22.2. The maximum absolute atomic E-state index is 11.3. The molecule has 2 nitrogen and oxygen atoms in total. The molecule has 0 saturated heterocycles. The maximum Gasteiger partial charge on any atom is 0.202 e. The Kier molecular flexibility index (Phi) is 2.09. The molecule has 1 aliphatic rings. The number of hydrogen-bond donors (Lipinski definition) is 0. The summed E-state index contributed by atoms with van der Waals surface area (Å²) in [7, 11) is 0. The van der Waals surface area contributed by atoms with Crippen molar-refractivity contribution < 1.29 is 9.53 Å². The first-order chi connectivity index (χ1) is 5.47. The van der Waals surface area contributed by atoms with E-state index < -0.39 is 5.60 Å². The molecule has 0 aromatic carbocycles. The van der Waals surface area contributed by atoms with E-state index in [1.54, 1.807) is 19.9 Å². The minimum atomic E-state index is -0.667. The van der Waals surface area contributed by atoms with Gasteiger partial charge in [-0.25, -0.2) is 0 Å². The van der Waals surface area contributed by atoms with Gasteiger partial charge in [-0.1, -0.05) is 6.08 Å². The molecule has 0 aromatic heterocycles. The van der Waals surface area contributed by atoms with Crippen LogP contribution in [0.1, 0.15) is 27.7 Å². The standard InChI is InChI=1S/C10H14O2/c1-5-7(2)8-6-9(11)10(3,4)12-8/h5-6H,1-4H3/b7-5+. The molecule has 0 aliphatic carbocycles. The fourth-order valence-electron chi connectivity index (χ4n) is 0.984. The average molecular weight is 166 g/mol. The Morgan fingerprint density at radius 3 is 2.50 bits per heavy atom. The molecule has 0 spiro atoms. The largest absolute Gasteiger partial charge is 0.479 e. The number of rotatable bonds is 1. The van der Waals surface area contributed by atoms with Crippen LogP contribution in [-0.2, 0) is 9.53 Å². The summed E-state index contributed by atoms with van der Waals surface area (Å²) in [6, 6.07) is 0. The van der Waals surface area contributed by atoms with E-state index in [0.717, 1.165) is 5.57 Å². The van der Waals surface area contributed by atoms with Crippen molar-refractivity contribution in [3.63, 3.8) is 0 Å². The highest BCUT2D eigenvalue weighted by atomic mass is 16.5. The molecular weight excluding hydrogens is 152 g/mol. The minimum absolute atomic E-state index is 0.0405. The van der Waals surface area contributed by atoms with Crippen molar-refractivity contribution in [1.82, 2.24) is 0 Å². The first-order valence-electron chi connectivity index (χ1n) is 4.06. The summed E-state index contributed by atoms with van der Waals surface area (Å²) in [6.45, 7) is 7.42. The molecule has 1 rings (SSSR count). The lowest BCUT2D eigenvalue weighted by Gasteiger charge is -2.17. The van der Waals surface area contributed by atoms with Crippen LogP contribution in [0.4, 0.5) is 0 Å². The zero-order valence-electron chi connectivity index (χ0n) is 7.97. The molecule has 0 bridgehead atoms. The number of ketones is 1. The van der Waals surface area contributed by atoms with Gasteiger partial charge in [-0.2, -0.15) is 0 Å². The van der Waals surface area contributed by atoms with E-state index in [4.69, 9.17) is 4.74 Å². The van der Waals surface area contributed by atoms with Crippen LogP contribution in [0.15, 0.2) is 23.5 Å². The van der Waals surface area contributed by atoms with Gasteiger partial charge in [-0.05, 0) is 33.3 Å². The summed E-state index contributed by atoms with van der Waals surface area (Å²) < 4.78 is 5.46. The van der Waals surface area contributed by atoms with Gasteiger partial charge in [0.05, 0.1) is 0 Å².